The monoisotopic (exact) mass is 432 g/mol. The van der Waals surface area contributed by atoms with E-state index in [1.54, 1.807) is 0 Å². The highest BCUT2D eigenvalue weighted by atomic mass is 16.8. The van der Waals surface area contributed by atoms with Crippen LogP contribution in [0.3, 0.4) is 0 Å². The second-order valence-electron chi connectivity index (χ2n) is 6.45. The van der Waals surface area contributed by atoms with Gasteiger partial charge in [-0.05, 0) is 0 Å². The molecule has 0 radical (unpaired) electrons. The maximum Gasteiger partial charge on any atom is 0.224 e. The molecule has 2 heterocycles. The van der Waals surface area contributed by atoms with E-state index >= 15 is 0 Å². The molecule has 14 heteroatoms. The molecule has 172 valence electrons. The van der Waals surface area contributed by atoms with Gasteiger partial charge in [0, 0.05) is 0 Å². The SMILES string of the molecule is O=CC(O)CO.OC[C@H]1O[C@@](CO)(O[C@H]2O[C@H](CO)[C@@H](O)[C@H](O)[C@H]2O)[C@@H](O)[C@@H]1O. The molecule has 10 N–H and O–H groups in total. The minimum atomic E-state index is -2.22. The summed E-state index contributed by atoms with van der Waals surface area (Å²) >= 11 is 0. The van der Waals surface area contributed by atoms with Gasteiger partial charge in [0.2, 0.25) is 5.79 Å². The number of hydrogen-bond acceptors (Lipinski definition) is 14. The summed E-state index contributed by atoms with van der Waals surface area (Å²) in [5.74, 6) is -2.22. The molecule has 2 aliphatic heterocycles. The van der Waals surface area contributed by atoms with E-state index in [1.807, 2.05) is 0 Å². The van der Waals surface area contributed by atoms with Crippen molar-refractivity contribution in [3.8, 4) is 0 Å². The molecule has 0 bridgehead atoms. The molecule has 2 rings (SSSR count). The third-order valence-electron chi connectivity index (χ3n) is 4.41. The fourth-order valence-electron chi connectivity index (χ4n) is 2.67. The Hall–Kier alpha value is -0.850. The Morgan fingerprint density at radius 2 is 1.48 bits per heavy atom. The number of carbonyl (C=O) groups is 1. The Balaban J connectivity index is 0.000000612. The van der Waals surface area contributed by atoms with E-state index in [2.05, 4.69) is 0 Å². The predicted molar refractivity (Wildman–Crippen MR) is 87.8 cm³/mol. The number of hydrogen-bond donors (Lipinski definition) is 10. The van der Waals surface area contributed by atoms with Crippen LogP contribution in [0.2, 0.25) is 0 Å². The van der Waals surface area contributed by atoms with E-state index in [9.17, 15) is 35.4 Å². The van der Waals surface area contributed by atoms with Gasteiger partial charge in [0.1, 0.15) is 55.4 Å². The number of ether oxygens (including phenoxy) is 3. The molecule has 1 unspecified atom stereocenters. The van der Waals surface area contributed by atoms with Crippen molar-refractivity contribution in [3.05, 3.63) is 0 Å². The largest absolute Gasteiger partial charge is 0.394 e. The maximum absolute atomic E-state index is 10.00. The molecule has 2 fully saturated rings. The van der Waals surface area contributed by atoms with Gasteiger partial charge in [0.05, 0.1) is 19.8 Å². The van der Waals surface area contributed by atoms with Gasteiger partial charge in [-0.1, -0.05) is 0 Å². The molecule has 2 aliphatic rings. The normalized spacial score (nSPS) is 43.4. The minimum absolute atomic E-state index is 0.278. The van der Waals surface area contributed by atoms with Crippen LogP contribution in [-0.4, -0.2) is 145 Å². The molecule has 0 amide bonds. The molecular formula is C15H28O14. The first-order chi connectivity index (χ1) is 13.6. The van der Waals surface area contributed by atoms with Gasteiger partial charge in [-0.15, -0.1) is 0 Å². The lowest BCUT2D eigenvalue weighted by Gasteiger charge is -2.43. The van der Waals surface area contributed by atoms with Crippen molar-refractivity contribution in [2.75, 3.05) is 26.4 Å². The van der Waals surface area contributed by atoms with Crippen molar-refractivity contribution in [1.29, 1.82) is 0 Å². The van der Waals surface area contributed by atoms with Gasteiger partial charge < -0.3 is 70.1 Å². The van der Waals surface area contributed by atoms with Gasteiger partial charge >= 0.3 is 0 Å². The van der Waals surface area contributed by atoms with Crippen LogP contribution in [0.25, 0.3) is 0 Å². The van der Waals surface area contributed by atoms with Crippen molar-refractivity contribution >= 4 is 6.29 Å². The van der Waals surface area contributed by atoms with Crippen LogP contribution in [0.15, 0.2) is 0 Å². The molecule has 29 heavy (non-hydrogen) atoms. The number of rotatable bonds is 7. The van der Waals surface area contributed by atoms with Gasteiger partial charge in [0.15, 0.2) is 12.6 Å². The van der Waals surface area contributed by atoms with Crippen LogP contribution in [0.1, 0.15) is 0 Å². The standard InChI is InChI=1S/C12H22O11.C3H6O3/c13-1-4-6(16)8(18)9(19)11(21-4)23-12(3-15)10(20)7(17)5(2-14)22-12;4-1-3(6)2-5/h4-11,13-20H,1-3H2;1,3,5-6H,2H2/t4-,5-,6-,7-,8+,9-,10+,11-,12+;/m1./s1. The summed E-state index contributed by atoms with van der Waals surface area (Å²) in [6, 6.07) is 0. The van der Waals surface area contributed by atoms with Crippen LogP contribution >= 0.6 is 0 Å². The van der Waals surface area contributed by atoms with Crippen molar-refractivity contribution < 1.29 is 70.1 Å². The smallest absolute Gasteiger partial charge is 0.224 e. The summed E-state index contributed by atoms with van der Waals surface area (Å²) in [6.45, 7) is -2.81. The van der Waals surface area contributed by atoms with Crippen molar-refractivity contribution in [2.24, 2.45) is 0 Å². The highest BCUT2D eigenvalue weighted by Crippen LogP contribution is 2.35. The summed E-state index contributed by atoms with van der Waals surface area (Å²) in [5, 5.41) is 92.6. The second kappa shape index (κ2) is 11.5. The summed E-state index contributed by atoms with van der Waals surface area (Å²) in [5.41, 5.74) is 0. The third-order valence-corrected chi connectivity index (χ3v) is 4.41. The average Bonchev–Trinajstić information content (AvgIpc) is 2.98. The molecule has 14 nitrogen and oxygen atoms in total. The number of aliphatic hydroxyl groups excluding tert-OH is 10. The predicted octanol–water partition coefficient (Wildman–Crippen LogP) is -6.86. The highest BCUT2D eigenvalue weighted by Gasteiger charge is 2.58. The number of aliphatic hydroxyl groups is 10. The Morgan fingerprint density at radius 1 is 0.897 bits per heavy atom. The number of carbonyl (C=O) groups excluding carboxylic acids is 1. The Labute approximate surface area is 164 Å². The second-order valence-corrected chi connectivity index (χ2v) is 6.45. The zero-order chi connectivity index (χ0) is 22.4. The fourth-order valence-corrected chi connectivity index (χ4v) is 2.67. The lowest BCUT2D eigenvalue weighted by molar-refractivity contribution is -0.383. The first-order valence-electron chi connectivity index (χ1n) is 8.60. The third kappa shape index (κ3) is 5.86. The van der Waals surface area contributed by atoms with Crippen molar-refractivity contribution in [1.82, 2.24) is 0 Å². The number of aldehydes is 1. The molecule has 0 saturated carbocycles. The van der Waals surface area contributed by atoms with E-state index in [-0.39, 0.29) is 6.29 Å². The Bertz CT molecular complexity index is 492. The van der Waals surface area contributed by atoms with Crippen LogP contribution in [0.4, 0.5) is 0 Å². The Morgan fingerprint density at radius 3 is 1.86 bits per heavy atom. The lowest BCUT2D eigenvalue weighted by atomic mass is 9.99. The van der Waals surface area contributed by atoms with Crippen molar-refractivity contribution in [2.45, 2.75) is 60.9 Å². The fraction of sp³-hybridized carbons (Fsp3) is 0.933. The summed E-state index contributed by atoms with van der Waals surface area (Å²) in [7, 11) is 0. The molecule has 0 spiro atoms. The van der Waals surface area contributed by atoms with Gasteiger partial charge in [0.25, 0.3) is 0 Å². The Kier molecular flexibility index (Phi) is 10.4. The summed E-state index contributed by atoms with van der Waals surface area (Å²) in [6.07, 6.45) is -13.6. The van der Waals surface area contributed by atoms with Crippen LogP contribution < -0.4 is 0 Å². The molecule has 0 aromatic heterocycles. The highest BCUT2D eigenvalue weighted by molar-refractivity contribution is 5.55. The quantitative estimate of drug-likeness (QED) is 0.168. The van der Waals surface area contributed by atoms with Gasteiger partial charge in [-0.3, -0.25) is 0 Å². The maximum atomic E-state index is 10.00. The van der Waals surface area contributed by atoms with E-state index < -0.39 is 87.3 Å². The van der Waals surface area contributed by atoms with Crippen LogP contribution in [0, 0.1) is 0 Å². The zero-order valence-electron chi connectivity index (χ0n) is 15.2. The lowest BCUT2D eigenvalue weighted by Crippen LogP contribution is -2.62. The van der Waals surface area contributed by atoms with Crippen molar-refractivity contribution in [3.63, 3.8) is 0 Å². The minimum Gasteiger partial charge on any atom is -0.394 e. The van der Waals surface area contributed by atoms with E-state index in [0.29, 0.717) is 0 Å². The van der Waals surface area contributed by atoms with E-state index in [1.165, 1.54) is 0 Å². The van der Waals surface area contributed by atoms with Crippen LogP contribution in [-0.2, 0) is 19.0 Å². The summed E-state index contributed by atoms with van der Waals surface area (Å²) in [4.78, 5) is 9.33. The summed E-state index contributed by atoms with van der Waals surface area (Å²) < 4.78 is 15.4. The van der Waals surface area contributed by atoms with Gasteiger partial charge in [-0.25, -0.2) is 0 Å². The van der Waals surface area contributed by atoms with Gasteiger partial charge in [-0.2, -0.15) is 0 Å². The average molecular weight is 432 g/mol. The zero-order valence-corrected chi connectivity index (χ0v) is 15.2. The topological polar surface area (TPSA) is 247 Å². The van der Waals surface area contributed by atoms with E-state index in [0.717, 1.165) is 0 Å². The molecule has 0 aromatic rings. The molecular weight excluding hydrogens is 404 g/mol. The molecule has 10 atom stereocenters. The molecule has 0 aliphatic carbocycles. The first-order valence-corrected chi connectivity index (χ1v) is 8.60. The van der Waals surface area contributed by atoms with E-state index in [4.69, 9.17) is 34.6 Å². The van der Waals surface area contributed by atoms with Crippen LogP contribution in [0.5, 0.6) is 0 Å². The first kappa shape index (κ1) is 26.2. The molecule has 0 aromatic carbocycles. The molecule has 2 saturated heterocycles.